The van der Waals surface area contributed by atoms with Gasteiger partial charge in [0.15, 0.2) is 0 Å². The van der Waals surface area contributed by atoms with Crippen molar-refractivity contribution in [1.82, 2.24) is 4.98 Å². The van der Waals surface area contributed by atoms with Crippen molar-refractivity contribution in [3.05, 3.63) is 83.6 Å². The van der Waals surface area contributed by atoms with E-state index in [1.165, 1.54) is 18.3 Å². The number of hydrogen-bond acceptors (Lipinski definition) is 4. The molecule has 0 aliphatic carbocycles. The van der Waals surface area contributed by atoms with Crippen LogP contribution < -0.4 is 10.2 Å². The van der Waals surface area contributed by atoms with Crippen LogP contribution in [0.5, 0.6) is 0 Å². The van der Waals surface area contributed by atoms with Crippen LogP contribution >= 0.6 is 11.8 Å². The molecule has 0 radical (unpaired) electrons. The van der Waals surface area contributed by atoms with Gasteiger partial charge in [-0.2, -0.15) is 13.2 Å². The quantitative estimate of drug-likeness (QED) is 0.567. The zero-order valence-electron chi connectivity index (χ0n) is 16.0. The van der Waals surface area contributed by atoms with Crippen molar-refractivity contribution in [3.8, 4) is 0 Å². The smallest absolute Gasteiger partial charge is 0.322 e. The molecule has 1 aromatic heterocycles. The van der Waals surface area contributed by atoms with Crippen LogP contribution in [0.15, 0.2) is 71.9 Å². The van der Waals surface area contributed by atoms with Gasteiger partial charge in [-0.1, -0.05) is 18.2 Å². The van der Waals surface area contributed by atoms with Crippen molar-refractivity contribution in [3.63, 3.8) is 0 Å². The van der Waals surface area contributed by atoms with E-state index in [9.17, 15) is 22.8 Å². The summed E-state index contributed by atoms with van der Waals surface area (Å²) in [5, 5.41) is 2.13. The normalized spacial score (nSPS) is 13.1. The number of carbonyl (C=O) groups excluding carboxylic acids is 2. The average molecular weight is 443 g/mol. The van der Waals surface area contributed by atoms with Gasteiger partial charge in [-0.15, -0.1) is 0 Å². The molecule has 0 unspecified atom stereocenters. The highest BCUT2D eigenvalue weighted by Gasteiger charge is 2.32. The van der Waals surface area contributed by atoms with Gasteiger partial charge in [-0.3, -0.25) is 9.59 Å². The van der Waals surface area contributed by atoms with Crippen LogP contribution in [0.2, 0.25) is 0 Å². The van der Waals surface area contributed by atoms with E-state index in [0.717, 1.165) is 17.7 Å². The number of pyridine rings is 1. The Morgan fingerprint density at radius 1 is 1.00 bits per heavy atom. The minimum absolute atomic E-state index is 0.154. The van der Waals surface area contributed by atoms with Crippen molar-refractivity contribution < 1.29 is 22.8 Å². The number of fused-ring (bicyclic) bond motifs is 1. The number of halogens is 3. The number of alkyl halides is 3. The number of hydrogen-bond donors (Lipinski definition) is 1. The SMILES string of the molecule is O=C(Nc1ccc(C(=O)N2CCc3ccccc32)cc1)c1cccnc1SC(F)(F)F. The molecule has 31 heavy (non-hydrogen) atoms. The number of amides is 2. The molecule has 0 saturated carbocycles. The largest absolute Gasteiger partial charge is 0.447 e. The Kier molecular flexibility index (Phi) is 5.69. The Balaban J connectivity index is 1.47. The summed E-state index contributed by atoms with van der Waals surface area (Å²) in [5.74, 6) is -0.869. The molecule has 0 fully saturated rings. The van der Waals surface area contributed by atoms with E-state index in [4.69, 9.17) is 0 Å². The highest BCUT2D eigenvalue weighted by Crippen LogP contribution is 2.37. The fraction of sp³-hybridized carbons (Fsp3) is 0.136. The van der Waals surface area contributed by atoms with Crippen LogP contribution in [0.25, 0.3) is 0 Å². The first-order valence-electron chi connectivity index (χ1n) is 9.34. The first kappa shape index (κ1) is 20.9. The standard InChI is InChI=1S/C22H16F3N3O2S/c23-22(24,25)31-20-17(5-3-12-26-20)19(29)27-16-9-7-15(8-10-16)21(30)28-13-11-14-4-1-2-6-18(14)28/h1-10,12H,11,13H2,(H,27,29). The minimum atomic E-state index is -4.56. The van der Waals surface area contributed by atoms with E-state index >= 15 is 0 Å². The second kappa shape index (κ2) is 8.43. The zero-order valence-corrected chi connectivity index (χ0v) is 16.8. The third-order valence-corrected chi connectivity index (χ3v) is 5.50. The lowest BCUT2D eigenvalue weighted by molar-refractivity contribution is -0.0329. The molecule has 1 N–H and O–H groups in total. The third-order valence-electron chi connectivity index (χ3n) is 4.75. The predicted octanol–water partition coefficient (Wildman–Crippen LogP) is 5.15. The molecule has 0 saturated heterocycles. The maximum Gasteiger partial charge on any atom is 0.447 e. The van der Waals surface area contributed by atoms with E-state index in [2.05, 4.69) is 10.3 Å². The number of nitrogens with zero attached hydrogens (tertiary/aromatic N) is 2. The molecule has 4 rings (SSSR count). The van der Waals surface area contributed by atoms with Gasteiger partial charge in [0.1, 0.15) is 5.03 Å². The fourth-order valence-corrected chi connectivity index (χ4v) is 3.96. The van der Waals surface area contributed by atoms with Crippen LogP contribution in [-0.2, 0) is 6.42 Å². The Bertz CT molecular complexity index is 1130. The van der Waals surface area contributed by atoms with Gasteiger partial charge >= 0.3 is 5.51 Å². The Hall–Kier alpha value is -3.33. The number of benzene rings is 2. The number of thioether (sulfide) groups is 1. The second-order valence-corrected chi connectivity index (χ2v) is 7.82. The maximum absolute atomic E-state index is 12.9. The number of carbonyl (C=O) groups is 2. The molecular formula is C22H16F3N3O2S. The molecule has 1 aliphatic rings. The molecule has 9 heteroatoms. The highest BCUT2D eigenvalue weighted by molar-refractivity contribution is 8.00. The molecule has 2 heterocycles. The first-order chi connectivity index (χ1) is 14.8. The summed E-state index contributed by atoms with van der Waals surface area (Å²) in [6, 6.07) is 16.6. The van der Waals surface area contributed by atoms with Crippen molar-refractivity contribution in [2.45, 2.75) is 17.0 Å². The van der Waals surface area contributed by atoms with E-state index in [1.54, 1.807) is 29.2 Å². The topological polar surface area (TPSA) is 62.3 Å². The molecular weight excluding hydrogens is 427 g/mol. The van der Waals surface area contributed by atoms with Gasteiger partial charge in [-0.25, -0.2) is 4.98 Å². The van der Waals surface area contributed by atoms with Crippen molar-refractivity contribution in [2.24, 2.45) is 0 Å². The van der Waals surface area contributed by atoms with Crippen molar-refractivity contribution >= 4 is 35.0 Å². The lowest BCUT2D eigenvalue weighted by atomic mass is 10.1. The van der Waals surface area contributed by atoms with E-state index in [-0.39, 0.29) is 11.5 Å². The first-order valence-corrected chi connectivity index (χ1v) is 10.2. The number of aromatic nitrogens is 1. The van der Waals surface area contributed by atoms with Gasteiger partial charge in [-0.05, 0) is 54.4 Å². The van der Waals surface area contributed by atoms with Crippen LogP contribution in [0.3, 0.4) is 0 Å². The lowest BCUT2D eigenvalue weighted by Gasteiger charge is -2.17. The maximum atomic E-state index is 12.9. The molecule has 158 valence electrons. The van der Waals surface area contributed by atoms with Crippen LogP contribution in [-0.4, -0.2) is 28.9 Å². The average Bonchev–Trinajstić information content (AvgIpc) is 3.17. The van der Waals surface area contributed by atoms with Crippen molar-refractivity contribution in [2.75, 3.05) is 16.8 Å². The Morgan fingerprint density at radius 2 is 1.74 bits per heavy atom. The number of rotatable bonds is 4. The second-order valence-electron chi connectivity index (χ2n) is 6.77. The van der Waals surface area contributed by atoms with Crippen molar-refractivity contribution in [1.29, 1.82) is 0 Å². The van der Waals surface area contributed by atoms with Gasteiger partial charge < -0.3 is 10.2 Å². The molecule has 2 aromatic carbocycles. The molecule has 2 amide bonds. The predicted molar refractivity (Wildman–Crippen MR) is 112 cm³/mol. The van der Waals surface area contributed by atoms with Gasteiger partial charge in [0, 0.05) is 41.4 Å². The van der Waals surface area contributed by atoms with Gasteiger partial charge in [0.2, 0.25) is 0 Å². The number of anilines is 2. The van der Waals surface area contributed by atoms with Crippen LogP contribution in [0, 0.1) is 0 Å². The summed E-state index contributed by atoms with van der Waals surface area (Å²) in [7, 11) is 0. The molecule has 0 spiro atoms. The summed E-state index contributed by atoms with van der Waals surface area (Å²) in [5.41, 5.74) is -1.93. The fourth-order valence-electron chi connectivity index (χ4n) is 3.35. The van der Waals surface area contributed by atoms with Crippen LogP contribution in [0.1, 0.15) is 26.3 Å². The molecule has 5 nitrogen and oxygen atoms in total. The molecule has 0 atom stereocenters. The Morgan fingerprint density at radius 3 is 2.48 bits per heavy atom. The van der Waals surface area contributed by atoms with E-state index < -0.39 is 28.2 Å². The monoisotopic (exact) mass is 443 g/mol. The van der Waals surface area contributed by atoms with Gasteiger partial charge in [0.25, 0.3) is 11.8 Å². The zero-order chi connectivity index (χ0) is 22.0. The molecule has 1 aliphatic heterocycles. The van der Waals surface area contributed by atoms with E-state index in [0.29, 0.717) is 17.8 Å². The van der Waals surface area contributed by atoms with Crippen LogP contribution in [0.4, 0.5) is 24.5 Å². The number of nitrogens with one attached hydrogen (secondary N) is 1. The van der Waals surface area contributed by atoms with Gasteiger partial charge in [0.05, 0.1) is 5.56 Å². The number of para-hydroxylation sites is 1. The summed E-state index contributed by atoms with van der Waals surface area (Å²) in [4.78, 5) is 30.7. The Labute approximate surface area is 180 Å². The summed E-state index contributed by atoms with van der Waals surface area (Å²) in [6.45, 7) is 0.595. The minimum Gasteiger partial charge on any atom is -0.322 e. The molecule has 0 bridgehead atoms. The molecule has 3 aromatic rings. The third kappa shape index (κ3) is 4.72. The highest BCUT2D eigenvalue weighted by atomic mass is 32.2. The lowest BCUT2D eigenvalue weighted by Crippen LogP contribution is -2.28. The summed E-state index contributed by atoms with van der Waals surface area (Å²) < 4.78 is 38.1. The summed E-state index contributed by atoms with van der Waals surface area (Å²) in [6.07, 6.45) is 1.99. The summed E-state index contributed by atoms with van der Waals surface area (Å²) >= 11 is -0.441. The van der Waals surface area contributed by atoms with E-state index in [1.807, 2.05) is 24.3 Å².